The van der Waals surface area contributed by atoms with Crippen molar-refractivity contribution < 1.29 is 19.1 Å². The molecule has 7 heteroatoms. The van der Waals surface area contributed by atoms with E-state index in [0.29, 0.717) is 23.2 Å². The van der Waals surface area contributed by atoms with Gasteiger partial charge in [-0.25, -0.2) is 4.79 Å². The lowest BCUT2D eigenvalue weighted by Gasteiger charge is -2.21. The van der Waals surface area contributed by atoms with Gasteiger partial charge in [0.15, 0.2) is 5.69 Å². The van der Waals surface area contributed by atoms with Crippen molar-refractivity contribution in [3.05, 3.63) is 23.9 Å². The lowest BCUT2D eigenvalue weighted by Crippen LogP contribution is -2.33. The molecule has 0 unspecified atom stereocenters. The third-order valence-electron chi connectivity index (χ3n) is 3.68. The number of anilines is 1. The molecule has 0 spiro atoms. The van der Waals surface area contributed by atoms with Gasteiger partial charge in [-0.2, -0.15) is 5.10 Å². The summed E-state index contributed by atoms with van der Waals surface area (Å²) in [6.07, 6.45) is 2.31. The molecule has 0 bridgehead atoms. The molecule has 0 radical (unpaired) electrons. The van der Waals surface area contributed by atoms with Crippen LogP contribution in [0.3, 0.4) is 0 Å². The Bertz CT molecular complexity index is 704. The molecule has 1 aromatic carbocycles. The molecule has 2 heterocycles. The molecule has 1 fully saturated rings. The molecule has 1 atom stereocenters. The van der Waals surface area contributed by atoms with E-state index in [2.05, 4.69) is 15.5 Å². The number of amides is 1. The van der Waals surface area contributed by atoms with Gasteiger partial charge in [-0.3, -0.25) is 9.89 Å². The SMILES string of the molecule is COC(=O)c1n[nH]c2ccc(NC(=O)[C@@H]3CCCCO3)cc12. The van der Waals surface area contributed by atoms with Gasteiger partial charge in [0.2, 0.25) is 0 Å². The van der Waals surface area contributed by atoms with E-state index in [1.165, 1.54) is 7.11 Å². The van der Waals surface area contributed by atoms with Crippen LogP contribution in [0.1, 0.15) is 29.8 Å². The highest BCUT2D eigenvalue weighted by molar-refractivity contribution is 6.04. The number of hydrogen-bond donors (Lipinski definition) is 2. The van der Waals surface area contributed by atoms with Crippen LogP contribution in [0.25, 0.3) is 10.9 Å². The van der Waals surface area contributed by atoms with E-state index in [1.807, 2.05) is 0 Å². The fraction of sp³-hybridized carbons (Fsp3) is 0.400. The van der Waals surface area contributed by atoms with Gasteiger partial charge < -0.3 is 14.8 Å². The molecule has 7 nitrogen and oxygen atoms in total. The van der Waals surface area contributed by atoms with Crippen LogP contribution in [0.2, 0.25) is 0 Å². The Hall–Kier alpha value is -2.41. The van der Waals surface area contributed by atoms with Gasteiger partial charge in [0, 0.05) is 17.7 Å². The first-order chi connectivity index (χ1) is 10.7. The van der Waals surface area contributed by atoms with Gasteiger partial charge in [-0.1, -0.05) is 0 Å². The van der Waals surface area contributed by atoms with Gasteiger partial charge in [0.25, 0.3) is 5.91 Å². The summed E-state index contributed by atoms with van der Waals surface area (Å²) in [6, 6.07) is 5.21. The summed E-state index contributed by atoms with van der Waals surface area (Å²) in [5.41, 5.74) is 1.49. The van der Waals surface area contributed by atoms with Crippen LogP contribution in [0.15, 0.2) is 18.2 Å². The van der Waals surface area contributed by atoms with Crippen LogP contribution in [-0.4, -0.2) is 41.9 Å². The third kappa shape index (κ3) is 2.80. The van der Waals surface area contributed by atoms with E-state index in [0.717, 1.165) is 19.3 Å². The summed E-state index contributed by atoms with van der Waals surface area (Å²) in [5, 5.41) is 10.1. The molecule has 1 amide bonds. The summed E-state index contributed by atoms with van der Waals surface area (Å²) < 4.78 is 10.1. The Labute approximate surface area is 127 Å². The molecule has 116 valence electrons. The number of H-pyrrole nitrogens is 1. The van der Waals surface area contributed by atoms with Crippen molar-refractivity contribution >= 4 is 28.5 Å². The fourth-order valence-corrected chi connectivity index (χ4v) is 2.51. The zero-order valence-corrected chi connectivity index (χ0v) is 12.2. The van der Waals surface area contributed by atoms with E-state index in [4.69, 9.17) is 9.47 Å². The summed E-state index contributed by atoms with van der Waals surface area (Å²) in [6.45, 7) is 0.616. The Kier molecular flexibility index (Phi) is 4.06. The van der Waals surface area contributed by atoms with Crippen molar-refractivity contribution in [2.24, 2.45) is 0 Å². The lowest BCUT2D eigenvalue weighted by molar-refractivity contribution is -0.129. The van der Waals surface area contributed by atoms with E-state index >= 15 is 0 Å². The highest BCUT2D eigenvalue weighted by Crippen LogP contribution is 2.22. The van der Waals surface area contributed by atoms with Gasteiger partial charge in [-0.05, 0) is 37.5 Å². The summed E-state index contributed by atoms with van der Waals surface area (Å²) >= 11 is 0. The molecule has 2 N–H and O–H groups in total. The monoisotopic (exact) mass is 303 g/mol. The number of carbonyl (C=O) groups excluding carboxylic acids is 2. The van der Waals surface area contributed by atoms with Crippen molar-refractivity contribution in [2.45, 2.75) is 25.4 Å². The van der Waals surface area contributed by atoms with E-state index < -0.39 is 12.1 Å². The molecule has 2 aromatic rings. The largest absolute Gasteiger partial charge is 0.464 e. The molecule has 1 saturated heterocycles. The lowest BCUT2D eigenvalue weighted by atomic mass is 10.1. The number of nitrogens with zero attached hydrogens (tertiary/aromatic N) is 1. The standard InChI is InChI=1S/C15H17N3O4/c1-21-15(20)13-10-8-9(5-6-11(10)17-18-13)16-14(19)12-4-2-3-7-22-12/h5-6,8,12H,2-4,7H2,1H3,(H,16,19)(H,17,18)/t12-/m0/s1. The van der Waals surface area contributed by atoms with Gasteiger partial charge in [0.1, 0.15) is 6.10 Å². The van der Waals surface area contributed by atoms with Crippen LogP contribution < -0.4 is 5.32 Å². The van der Waals surface area contributed by atoms with E-state index in [1.54, 1.807) is 18.2 Å². The first-order valence-electron chi connectivity index (χ1n) is 7.18. The van der Waals surface area contributed by atoms with Crippen molar-refractivity contribution in [3.63, 3.8) is 0 Å². The van der Waals surface area contributed by atoms with Crippen molar-refractivity contribution in [3.8, 4) is 0 Å². The summed E-state index contributed by atoms with van der Waals surface area (Å²) in [7, 11) is 1.30. The first-order valence-corrected chi connectivity index (χ1v) is 7.18. The average Bonchev–Trinajstić information content (AvgIpc) is 2.98. The molecular formula is C15H17N3O4. The Balaban J connectivity index is 1.81. The second kappa shape index (κ2) is 6.15. The second-order valence-electron chi connectivity index (χ2n) is 5.17. The predicted molar refractivity (Wildman–Crippen MR) is 79.7 cm³/mol. The maximum Gasteiger partial charge on any atom is 0.359 e. The number of esters is 1. The first kappa shape index (κ1) is 14.5. The second-order valence-corrected chi connectivity index (χ2v) is 5.17. The fourth-order valence-electron chi connectivity index (χ4n) is 2.51. The van der Waals surface area contributed by atoms with Crippen LogP contribution in [0.5, 0.6) is 0 Å². The number of hydrogen-bond acceptors (Lipinski definition) is 5. The normalized spacial score (nSPS) is 18.1. The minimum Gasteiger partial charge on any atom is -0.464 e. The molecule has 1 aromatic heterocycles. The minimum atomic E-state index is -0.523. The number of ether oxygens (including phenoxy) is 2. The van der Waals surface area contributed by atoms with Crippen molar-refractivity contribution in [2.75, 3.05) is 19.0 Å². The number of carbonyl (C=O) groups is 2. The molecule has 22 heavy (non-hydrogen) atoms. The molecular weight excluding hydrogens is 286 g/mol. The van der Waals surface area contributed by atoms with Gasteiger partial charge in [-0.15, -0.1) is 0 Å². The highest BCUT2D eigenvalue weighted by atomic mass is 16.5. The molecule has 1 aliphatic heterocycles. The van der Waals surface area contributed by atoms with E-state index in [9.17, 15) is 9.59 Å². The Morgan fingerprint density at radius 1 is 1.41 bits per heavy atom. The number of fused-ring (bicyclic) bond motifs is 1. The van der Waals surface area contributed by atoms with Gasteiger partial charge in [0.05, 0.1) is 12.6 Å². The van der Waals surface area contributed by atoms with Crippen molar-refractivity contribution in [1.82, 2.24) is 10.2 Å². The minimum absolute atomic E-state index is 0.165. The van der Waals surface area contributed by atoms with Crippen LogP contribution >= 0.6 is 0 Å². The van der Waals surface area contributed by atoms with Crippen LogP contribution in [0, 0.1) is 0 Å². The maximum absolute atomic E-state index is 12.2. The third-order valence-corrected chi connectivity index (χ3v) is 3.68. The maximum atomic E-state index is 12.2. The number of benzene rings is 1. The average molecular weight is 303 g/mol. The Morgan fingerprint density at radius 2 is 2.27 bits per heavy atom. The molecule has 0 saturated carbocycles. The number of methoxy groups -OCH3 is 1. The van der Waals surface area contributed by atoms with Crippen molar-refractivity contribution in [1.29, 1.82) is 0 Å². The number of aromatic nitrogens is 2. The van der Waals surface area contributed by atoms with Gasteiger partial charge >= 0.3 is 5.97 Å². The molecule has 0 aliphatic carbocycles. The van der Waals surface area contributed by atoms with E-state index in [-0.39, 0.29) is 11.6 Å². The topological polar surface area (TPSA) is 93.3 Å². The quantitative estimate of drug-likeness (QED) is 0.844. The smallest absolute Gasteiger partial charge is 0.359 e. The highest BCUT2D eigenvalue weighted by Gasteiger charge is 2.22. The molecule has 1 aliphatic rings. The van der Waals surface area contributed by atoms with Crippen LogP contribution in [0.4, 0.5) is 5.69 Å². The van der Waals surface area contributed by atoms with Crippen LogP contribution in [-0.2, 0) is 14.3 Å². The predicted octanol–water partition coefficient (Wildman–Crippen LogP) is 1.86. The number of aromatic amines is 1. The summed E-state index contributed by atoms with van der Waals surface area (Å²) in [4.78, 5) is 23.8. The Morgan fingerprint density at radius 3 is 3.00 bits per heavy atom. The number of nitrogens with one attached hydrogen (secondary N) is 2. The zero-order chi connectivity index (χ0) is 15.5. The summed E-state index contributed by atoms with van der Waals surface area (Å²) in [5.74, 6) is -0.687. The number of rotatable bonds is 3. The zero-order valence-electron chi connectivity index (χ0n) is 12.2. The molecule has 3 rings (SSSR count).